The number of halogens is 2. The molecule has 0 atom stereocenters. The average molecular weight is 350 g/mol. The normalized spacial score (nSPS) is 10.1. The molecule has 2 aromatic carbocycles. The molecule has 0 fully saturated rings. The third kappa shape index (κ3) is 3.42. The van der Waals surface area contributed by atoms with Gasteiger partial charge in [-0.1, -0.05) is 23.2 Å². The first-order valence-electron chi connectivity index (χ1n) is 6.64. The molecule has 0 saturated carbocycles. The Morgan fingerprint density at radius 1 is 1.09 bits per heavy atom. The van der Waals surface area contributed by atoms with E-state index in [1.807, 2.05) is 0 Å². The van der Waals surface area contributed by atoms with Crippen LogP contribution in [0.1, 0.15) is 27.0 Å². The fraction of sp³-hybridized carbons (Fsp3) is 0.176. The highest BCUT2D eigenvalue weighted by Gasteiger charge is 2.22. The summed E-state index contributed by atoms with van der Waals surface area (Å²) in [6.45, 7) is 3.51. The summed E-state index contributed by atoms with van der Waals surface area (Å²) < 4.78 is 10.6. The Bertz CT molecular complexity index is 802. The molecule has 0 N–H and O–H groups in total. The zero-order valence-corrected chi connectivity index (χ0v) is 14.2. The Labute approximate surface area is 144 Å². The van der Waals surface area contributed by atoms with Crippen molar-refractivity contribution in [2.24, 2.45) is 0 Å². The molecular weight excluding hydrogens is 337 g/mol. The highest BCUT2D eigenvalue weighted by atomic mass is 35.5. The van der Waals surface area contributed by atoms with Crippen LogP contribution in [0.3, 0.4) is 0 Å². The van der Waals surface area contributed by atoms with Gasteiger partial charge in [-0.25, -0.2) is 4.79 Å². The Hall–Kier alpha value is -2.22. The van der Waals surface area contributed by atoms with Crippen molar-refractivity contribution in [3.05, 3.63) is 56.6 Å². The van der Waals surface area contributed by atoms with Gasteiger partial charge in [-0.05, 0) is 49.2 Å². The van der Waals surface area contributed by atoms with Crippen LogP contribution in [0.5, 0.6) is 11.5 Å². The molecule has 0 saturated heterocycles. The smallest absolute Gasteiger partial charge is 0.348 e. The van der Waals surface area contributed by atoms with Crippen LogP contribution in [0, 0.1) is 25.2 Å². The van der Waals surface area contributed by atoms with Gasteiger partial charge in [-0.3, -0.25) is 0 Å². The zero-order valence-electron chi connectivity index (χ0n) is 12.7. The summed E-state index contributed by atoms with van der Waals surface area (Å²) in [5.41, 5.74) is 1.90. The number of esters is 1. The van der Waals surface area contributed by atoms with E-state index in [9.17, 15) is 4.79 Å². The summed E-state index contributed by atoms with van der Waals surface area (Å²) in [6, 6.07) is 8.39. The average Bonchev–Trinajstić information content (AvgIpc) is 2.52. The van der Waals surface area contributed by atoms with E-state index in [0.29, 0.717) is 22.4 Å². The fourth-order valence-corrected chi connectivity index (χ4v) is 2.70. The maximum Gasteiger partial charge on any atom is 0.348 e. The third-order valence-electron chi connectivity index (χ3n) is 3.25. The number of rotatable bonds is 3. The molecule has 0 amide bonds. The number of nitriles is 1. The molecular formula is C17H13Cl2NO3. The molecule has 0 radical (unpaired) electrons. The Kier molecular flexibility index (Phi) is 5.15. The lowest BCUT2D eigenvalue weighted by molar-refractivity contribution is 0.0729. The topological polar surface area (TPSA) is 59.3 Å². The summed E-state index contributed by atoms with van der Waals surface area (Å²) in [6.07, 6.45) is 0. The molecule has 2 rings (SSSR count). The van der Waals surface area contributed by atoms with Crippen molar-refractivity contribution in [2.75, 3.05) is 7.11 Å². The number of benzene rings is 2. The molecule has 118 valence electrons. The SMILES string of the molecule is COc1c(Cl)ccc(Cl)c1C(=O)Oc1c(C)cc(C#N)cc1C. The minimum Gasteiger partial charge on any atom is -0.494 e. The van der Waals surface area contributed by atoms with E-state index in [-0.39, 0.29) is 21.4 Å². The van der Waals surface area contributed by atoms with Crippen molar-refractivity contribution in [1.29, 1.82) is 5.26 Å². The quantitative estimate of drug-likeness (QED) is 0.594. The highest BCUT2D eigenvalue weighted by Crippen LogP contribution is 2.35. The highest BCUT2D eigenvalue weighted by molar-refractivity contribution is 6.37. The van der Waals surface area contributed by atoms with Gasteiger partial charge in [0.15, 0.2) is 5.75 Å². The van der Waals surface area contributed by atoms with Crippen LogP contribution in [0.25, 0.3) is 0 Å². The van der Waals surface area contributed by atoms with E-state index >= 15 is 0 Å². The molecule has 0 bridgehead atoms. The zero-order chi connectivity index (χ0) is 17.1. The van der Waals surface area contributed by atoms with Crippen LogP contribution in [-0.4, -0.2) is 13.1 Å². The predicted molar refractivity (Wildman–Crippen MR) is 88.6 cm³/mol. The van der Waals surface area contributed by atoms with Crippen LogP contribution < -0.4 is 9.47 Å². The standard InChI is InChI=1S/C17H13Cl2NO3/c1-9-6-11(8-20)7-10(2)15(9)23-17(21)14-12(18)4-5-13(19)16(14)22-3/h4-7H,1-3H3. The van der Waals surface area contributed by atoms with Crippen molar-refractivity contribution in [3.63, 3.8) is 0 Å². The number of aryl methyl sites for hydroxylation is 2. The second kappa shape index (κ2) is 6.91. The Morgan fingerprint density at radius 2 is 1.65 bits per heavy atom. The van der Waals surface area contributed by atoms with E-state index in [0.717, 1.165) is 0 Å². The first kappa shape index (κ1) is 17.1. The number of hydrogen-bond acceptors (Lipinski definition) is 4. The van der Waals surface area contributed by atoms with Gasteiger partial charge in [0.05, 0.1) is 28.8 Å². The minimum absolute atomic E-state index is 0.0600. The number of hydrogen-bond donors (Lipinski definition) is 0. The first-order chi connectivity index (χ1) is 10.9. The third-order valence-corrected chi connectivity index (χ3v) is 3.86. The van der Waals surface area contributed by atoms with E-state index in [1.54, 1.807) is 26.0 Å². The van der Waals surface area contributed by atoms with Gasteiger partial charge in [-0.15, -0.1) is 0 Å². The first-order valence-corrected chi connectivity index (χ1v) is 7.40. The minimum atomic E-state index is -0.676. The van der Waals surface area contributed by atoms with Gasteiger partial charge < -0.3 is 9.47 Å². The van der Waals surface area contributed by atoms with Crippen LogP contribution >= 0.6 is 23.2 Å². The molecule has 0 spiro atoms. The summed E-state index contributed by atoms with van der Waals surface area (Å²) in [5, 5.41) is 9.41. The lowest BCUT2D eigenvalue weighted by Gasteiger charge is -2.14. The largest absolute Gasteiger partial charge is 0.494 e. The lowest BCUT2D eigenvalue weighted by atomic mass is 10.1. The molecule has 0 aliphatic carbocycles. The van der Waals surface area contributed by atoms with Crippen molar-refractivity contribution in [1.82, 2.24) is 0 Å². The molecule has 0 aliphatic heterocycles. The number of ether oxygens (including phenoxy) is 2. The fourth-order valence-electron chi connectivity index (χ4n) is 2.24. The summed E-state index contributed by atoms with van der Waals surface area (Å²) >= 11 is 12.1. The molecule has 23 heavy (non-hydrogen) atoms. The van der Waals surface area contributed by atoms with Crippen molar-refractivity contribution in [2.45, 2.75) is 13.8 Å². The van der Waals surface area contributed by atoms with Crippen LogP contribution in [0.2, 0.25) is 10.0 Å². The van der Waals surface area contributed by atoms with Crippen LogP contribution in [0.15, 0.2) is 24.3 Å². The van der Waals surface area contributed by atoms with E-state index < -0.39 is 5.97 Å². The summed E-state index contributed by atoms with van der Waals surface area (Å²) in [5.74, 6) is -0.134. The van der Waals surface area contributed by atoms with Gasteiger partial charge in [-0.2, -0.15) is 5.26 Å². The van der Waals surface area contributed by atoms with Crippen molar-refractivity contribution < 1.29 is 14.3 Å². The monoisotopic (exact) mass is 349 g/mol. The maximum absolute atomic E-state index is 12.5. The van der Waals surface area contributed by atoms with E-state index in [1.165, 1.54) is 19.2 Å². The van der Waals surface area contributed by atoms with Gasteiger partial charge in [0, 0.05) is 0 Å². The molecule has 0 aromatic heterocycles. The Morgan fingerprint density at radius 3 is 2.17 bits per heavy atom. The second-order valence-corrected chi connectivity index (χ2v) is 5.69. The number of nitrogens with zero attached hydrogens (tertiary/aromatic N) is 1. The van der Waals surface area contributed by atoms with E-state index in [4.69, 9.17) is 37.9 Å². The molecule has 6 heteroatoms. The number of carbonyl (C=O) groups is 1. The summed E-state index contributed by atoms with van der Waals surface area (Å²) in [4.78, 5) is 12.5. The lowest BCUT2D eigenvalue weighted by Crippen LogP contribution is -2.13. The second-order valence-electron chi connectivity index (χ2n) is 4.88. The van der Waals surface area contributed by atoms with Gasteiger partial charge >= 0.3 is 5.97 Å². The van der Waals surface area contributed by atoms with E-state index in [2.05, 4.69) is 6.07 Å². The predicted octanol–water partition coefficient (Wildman–Crippen LogP) is 4.71. The summed E-state index contributed by atoms with van der Waals surface area (Å²) in [7, 11) is 1.40. The van der Waals surface area contributed by atoms with Crippen molar-refractivity contribution in [3.8, 4) is 17.6 Å². The number of carbonyl (C=O) groups excluding carboxylic acids is 1. The van der Waals surface area contributed by atoms with Gasteiger partial charge in [0.25, 0.3) is 0 Å². The molecule has 0 unspecified atom stereocenters. The maximum atomic E-state index is 12.5. The molecule has 4 nitrogen and oxygen atoms in total. The van der Waals surface area contributed by atoms with Gasteiger partial charge in [0.2, 0.25) is 0 Å². The molecule has 0 heterocycles. The van der Waals surface area contributed by atoms with Crippen molar-refractivity contribution >= 4 is 29.2 Å². The van der Waals surface area contributed by atoms with Crippen LogP contribution in [-0.2, 0) is 0 Å². The number of methoxy groups -OCH3 is 1. The van der Waals surface area contributed by atoms with Crippen LogP contribution in [0.4, 0.5) is 0 Å². The Balaban J connectivity index is 2.46. The molecule has 0 aliphatic rings. The molecule has 2 aromatic rings. The van der Waals surface area contributed by atoms with Gasteiger partial charge in [0.1, 0.15) is 11.3 Å².